The summed E-state index contributed by atoms with van der Waals surface area (Å²) < 4.78 is 14.8. The fourth-order valence-corrected chi connectivity index (χ4v) is 5.58. The van der Waals surface area contributed by atoms with Crippen LogP contribution in [0.4, 0.5) is 4.39 Å². The number of aromatic nitrogens is 2. The maximum absolute atomic E-state index is 13.6. The molecule has 5 nitrogen and oxygen atoms in total. The van der Waals surface area contributed by atoms with Gasteiger partial charge in [-0.2, -0.15) is 0 Å². The van der Waals surface area contributed by atoms with Crippen molar-refractivity contribution in [1.82, 2.24) is 14.9 Å². The molecule has 38 heavy (non-hydrogen) atoms. The normalized spacial score (nSPS) is 11.9. The number of halogens is 1. The Labute approximate surface area is 227 Å². The molecule has 1 aromatic heterocycles. The van der Waals surface area contributed by atoms with E-state index in [9.17, 15) is 14.0 Å². The molecule has 1 amide bonds. The number of nitrogens with one attached hydrogen (secondary N) is 1. The van der Waals surface area contributed by atoms with Crippen LogP contribution in [0.15, 0.2) is 94.9 Å². The van der Waals surface area contributed by atoms with Crippen molar-refractivity contribution in [2.75, 3.05) is 0 Å². The lowest BCUT2D eigenvalue weighted by atomic mass is 9.98. The highest BCUT2D eigenvalue weighted by Crippen LogP contribution is 2.28. The Kier molecular flexibility index (Phi) is 9.13. The molecule has 1 unspecified atom stereocenters. The Hall–Kier alpha value is -3.71. The average Bonchev–Trinajstić information content (AvgIpc) is 2.94. The number of aryl methyl sites for hydroxylation is 1. The van der Waals surface area contributed by atoms with E-state index in [-0.39, 0.29) is 23.3 Å². The van der Waals surface area contributed by atoms with Crippen LogP contribution >= 0.6 is 11.8 Å². The molecule has 0 spiro atoms. The van der Waals surface area contributed by atoms with Crippen LogP contribution in [0.1, 0.15) is 53.8 Å². The van der Waals surface area contributed by atoms with E-state index in [1.165, 1.54) is 28.5 Å². The summed E-state index contributed by atoms with van der Waals surface area (Å²) in [4.78, 5) is 31.6. The molecule has 4 aromatic rings. The van der Waals surface area contributed by atoms with Gasteiger partial charge in [0, 0.05) is 24.7 Å². The summed E-state index contributed by atoms with van der Waals surface area (Å²) in [5, 5.41) is 3.33. The first-order valence-corrected chi connectivity index (χ1v) is 13.6. The van der Waals surface area contributed by atoms with E-state index < -0.39 is 5.25 Å². The van der Waals surface area contributed by atoms with Crippen molar-refractivity contribution >= 4 is 17.7 Å². The Morgan fingerprint density at radius 2 is 1.55 bits per heavy atom. The molecular formula is C31H32FN3O2S. The zero-order valence-corrected chi connectivity index (χ0v) is 22.7. The van der Waals surface area contributed by atoms with E-state index in [0.29, 0.717) is 29.3 Å². The highest BCUT2D eigenvalue weighted by Gasteiger charge is 2.26. The zero-order chi connectivity index (χ0) is 27.1. The van der Waals surface area contributed by atoms with Gasteiger partial charge in [0.25, 0.3) is 5.56 Å². The molecular weight excluding hydrogens is 497 g/mol. The van der Waals surface area contributed by atoms with E-state index in [1.54, 1.807) is 26.1 Å². The highest BCUT2D eigenvalue weighted by atomic mass is 32.2. The molecule has 0 radical (unpaired) electrons. The van der Waals surface area contributed by atoms with Gasteiger partial charge in [0.05, 0.1) is 11.3 Å². The van der Waals surface area contributed by atoms with Crippen LogP contribution in [0.3, 0.4) is 0 Å². The largest absolute Gasteiger partial charge is 0.344 e. The van der Waals surface area contributed by atoms with Crippen molar-refractivity contribution in [2.24, 2.45) is 7.05 Å². The first-order chi connectivity index (χ1) is 18.4. The van der Waals surface area contributed by atoms with Crippen LogP contribution in [0.2, 0.25) is 0 Å². The molecule has 0 aliphatic rings. The number of carbonyl (C=O) groups is 1. The summed E-state index contributed by atoms with van der Waals surface area (Å²) in [5.41, 5.74) is 3.85. The van der Waals surface area contributed by atoms with E-state index >= 15 is 0 Å². The molecule has 0 saturated heterocycles. The molecule has 3 aromatic carbocycles. The second-order valence-electron chi connectivity index (χ2n) is 9.28. The molecule has 196 valence electrons. The van der Waals surface area contributed by atoms with Gasteiger partial charge in [-0.05, 0) is 42.2 Å². The number of benzene rings is 3. The maximum Gasteiger partial charge on any atom is 0.257 e. The highest BCUT2D eigenvalue weighted by molar-refractivity contribution is 8.00. The van der Waals surface area contributed by atoms with E-state index in [4.69, 9.17) is 4.98 Å². The third-order valence-electron chi connectivity index (χ3n) is 6.49. The second kappa shape index (κ2) is 12.7. The summed E-state index contributed by atoms with van der Waals surface area (Å²) in [6.45, 7) is 3.84. The van der Waals surface area contributed by atoms with Crippen molar-refractivity contribution in [3.8, 4) is 0 Å². The number of hydrogen-bond donors (Lipinski definition) is 1. The van der Waals surface area contributed by atoms with Crippen LogP contribution in [0.5, 0.6) is 0 Å². The molecule has 0 saturated carbocycles. The van der Waals surface area contributed by atoms with Gasteiger partial charge in [0.15, 0.2) is 5.16 Å². The average molecular weight is 530 g/mol. The molecule has 1 heterocycles. The van der Waals surface area contributed by atoms with Crippen molar-refractivity contribution in [3.63, 3.8) is 0 Å². The van der Waals surface area contributed by atoms with Gasteiger partial charge in [-0.15, -0.1) is 0 Å². The Morgan fingerprint density at radius 1 is 0.974 bits per heavy atom. The zero-order valence-electron chi connectivity index (χ0n) is 21.9. The smallest absolute Gasteiger partial charge is 0.257 e. The predicted molar refractivity (Wildman–Crippen MR) is 151 cm³/mol. The minimum Gasteiger partial charge on any atom is -0.344 e. The summed E-state index contributed by atoms with van der Waals surface area (Å²) >= 11 is 1.32. The Balaban J connectivity index is 1.58. The minimum atomic E-state index is -0.421. The third kappa shape index (κ3) is 6.58. The van der Waals surface area contributed by atoms with Crippen LogP contribution < -0.4 is 10.9 Å². The van der Waals surface area contributed by atoms with Gasteiger partial charge in [-0.25, -0.2) is 9.37 Å². The molecule has 0 aliphatic heterocycles. The number of nitrogens with zero attached hydrogens (tertiary/aromatic N) is 2. The first-order valence-electron chi connectivity index (χ1n) is 12.7. The van der Waals surface area contributed by atoms with Crippen molar-refractivity contribution in [3.05, 3.63) is 129 Å². The van der Waals surface area contributed by atoms with Crippen LogP contribution in [-0.2, 0) is 18.3 Å². The molecule has 0 fully saturated rings. The molecule has 0 bridgehead atoms. The number of rotatable bonds is 10. The minimum absolute atomic E-state index is 0.100. The van der Waals surface area contributed by atoms with Crippen LogP contribution in [-0.4, -0.2) is 20.7 Å². The Bertz CT molecular complexity index is 1380. The lowest BCUT2D eigenvalue weighted by molar-refractivity contribution is -0.121. The fourth-order valence-electron chi connectivity index (χ4n) is 4.36. The Morgan fingerprint density at radius 3 is 2.11 bits per heavy atom. The number of carbonyl (C=O) groups excluding carboxylic acids is 1. The number of thioether (sulfide) groups is 1. The van der Waals surface area contributed by atoms with E-state index in [2.05, 4.69) is 5.32 Å². The van der Waals surface area contributed by atoms with Gasteiger partial charge in [0.1, 0.15) is 5.82 Å². The maximum atomic E-state index is 13.6. The molecule has 4 rings (SSSR count). The van der Waals surface area contributed by atoms with Crippen molar-refractivity contribution in [1.29, 1.82) is 0 Å². The van der Waals surface area contributed by atoms with Crippen LogP contribution in [0, 0.1) is 12.7 Å². The third-order valence-corrected chi connectivity index (χ3v) is 7.80. The molecule has 0 aliphatic carbocycles. The summed E-state index contributed by atoms with van der Waals surface area (Å²) in [7, 11) is 1.68. The number of hydrogen-bond acceptors (Lipinski definition) is 4. The standard InChI is InChI=1S/C31H32FN3O2S/c1-4-11-27(29(36)34-28(23-12-7-5-8-13-23)24-14-9-6-10-15-24)38-31-33-21(2)26(30(37)35(31)3)20-22-16-18-25(32)19-17-22/h5-10,12-19,27-28H,4,11,20H2,1-3H3,(H,34,36). The first kappa shape index (κ1) is 27.3. The van der Waals surface area contributed by atoms with Gasteiger partial charge in [0.2, 0.25) is 5.91 Å². The van der Waals surface area contributed by atoms with Crippen molar-refractivity contribution < 1.29 is 9.18 Å². The van der Waals surface area contributed by atoms with Gasteiger partial charge < -0.3 is 5.32 Å². The lowest BCUT2D eigenvalue weighted by Gasteiger charge is -2.24. The molecule has 7 heteroatoms. The monoisotopic (exact) mass is 529 g/mol. The number of amides is 1. The summed E-state index contributed by atoms with van der Waals surface area (Å²) in [5.74, 6) is -0.415. The van der Waals surface area contributed by atoms with Crippen LogP contribution in [0.25, 0.3) is 0 Å². The second-order valence-corrected chi connectivity index (χ2v) is 10.5. The van der Waals surface area contributed by atoms with Crippen molar-refractivity contribution in [2.45, 2.75) is 49.6 Å². The summed E-state index contributed by atoms with van der Waals surface area (Å²) in [6.07, 6.45) is 1.81. The quantitative estimate of drug-likeness (QED) is 0.203. The molecule has 1 atom stereocenters. The van der Waals surface area contributed by atoms with Gasteiger partial charge in [-0.3, -0.25) is 14.2 Å². The lowest BCUT2D eigenvalue weighted by Crippen LogP contribution is -2.37. The van der Waals surface area contributed by atoms with E-state index in [1.807, 2.05) is 67.6 Å². The topological polar surface area (TPSA) is 64.0 Å². The van der Waals surface area contributed by atoms with Gasteiger partial charge >= 0.3 is 0 Å². The SMILES string of the molecule is CCCC(Sc1nc(C)c(Cc2ccc(F)cc2)c(=O)n1C)C(=O)NC(c1ccccc1)c1ccccc1. The molecule has 1 N–H and O–H groups in total. The summed E-state index contributed by atoms with van der Waals surface area (Å²) in [6, 6.07) is 25.6. The fraction of sp³-hybridized carbons (Fsp3) is 0.258. The van der Waals surface area contributed by atoms with Gasteiger partial charge in [-0.1, -0.05) is 97.9 Å². The van der Waals surface area contributed by atoms with E-state index in [0.717, 1.165) is 23.1 Å². The predicted octanol–water partition coefficient (Wildman–Crippen LogP) is 5.99.